The summed E-state index contributed by atoms with van der Waals surface area (Å²) in [6.07, 6.45) is 1.66. The summed E-state index contributed by atoms with van der Waals surface area (Å²) in [5.41, 5.74) is 3.00. The minimum absolute atomic E-state index is 0.313. The van der Waals surface area contributed by atoms with Gasteiger partial charge in [0.2, 0.25) is 0 Å². The molecule has 0 amide bonds. The molecular formula is C16H20BrN3O. The molecule has 1 aromatic heterocycles. The number of benzene rings is 1. The predicted octanol–water partition coefficient (Wildman–Crippen LogP) is 4.67. The predicted molar refractivity (Wildman–Crippen MR) is 86.9 cm³/mol. The first-order valence-corrected chi connectivity index (χ1v) is 8.04. The van der Waals surface area contributed by atoms with Crippen LogP contribution in [0.1, 0.15) is 50.6 Å². The van der Waals surface area contributed by atoms with Gasteiger partial charge in [-0.1, -0.05) is 48.7 Å². The first kappa shape index (κ1) is 15.9. The Kier molecular flexibility index (Phi) is 5.28. The van der Waals surface area contributed by atoms with Crippen molar-refractivity contribution in [3.05, 3.63) is 39.6 Å². The Balaban J connectivity index is 2.34. The lowest BCUT2D eigenvalue weighted by Crippen LogP contribution is -2.05. The van der Waals surface area contributed by atoms with Gasteiger partial charge < -0.3 is 4.74 Å². The highest BCUT2D eigenvalue weighted by Crippen LogP contribution is 2.31. The quantitative estimate of drug-likeness (QED) is 0.786. The molecule has 0 N–H and O–H groups in total. The number of aromatic nitrogens is 3. The molecule has 0 aliphatic heterocycles. The maximum atomic E-state index is 5.86. The highest BCUT2D eigenvalue weighted by atomic mass is 79.9. The fourth-order valence-corrected chi connectivity index (χ4v) is 2.50. The van der Waals surface area contributed by atoms with E-state index >= 15 is 0 Å². The SMILES string of the molecule is CCc1nnc(Oc2ccc(Br)cc2C(C)C)nc1CC. The molecule has 4 nitrogen and oxygen atoms in total. The maximum Gasteiger partial charge on any atom is 0.341 e. The molecule has 0 spiro atoms. The zero-order valence-corrected chi connectivity index (χ0v) is 14.4. The number of hydrogen-bond donors (Lipinski definition) is 0. The minimum atomic E-state index is 0.313. The van der Waals surface area contributed by atoms with Crippen molar-refractivity contribution >= 4 is 15.9 Å². The Morgan fingerprint density at radius 1 is 1.10 bits per heavy atom. The maximum absolute atomic E-state index is 5.86. The van der Waals surface area contributed by atoms with Gasteiger partial charge in [0, 0.05) is 4.47 Å². The molecule has 0 aliphatic carbocycles. The summed E-state index contributed by atoms with van der Waals surface area (Å²) in [4.78, 5) is 4.47. The fraction of sp³-hybridized carbons (Fsp3) is 0.438. The average molecular weight is 350 g/mol. The Morgan fingerprint density at radius 3 is 2.43 bits per heavy atom. The normalized spacial score (nSPS) is 11.0. The summed E-state index contributed by atoms with van der Waals surface area (Å²) in [7, 11) is 0. The van der Waals surface area contributed by atoms with Crippen LogP contribution in [0.2, 0.25) is 0 Å². The molecule has 2 aromatic rings. The van der Waals surface area contributed by atoms with Crippen molar-refractivity contribution in [1.82, 2.24) is 15.2 Å². The van der Waals surface area contributed by atoms with Crippen LogP contribution < -0.4 is 4.74 Å². The van der Waals surface area contributed by atoms with Crippen LogP contribution in [0.25, 0.3) is 0 Å². The van der Waals surface area contributed by atoms with E-state index < -0.39 is 0 Å². The second kappa shape index (κ2) is 6.98. The summed E-state index contributed by atoms with van der Waals surface area (Å²) < 4.78 is 6.90. The van der Waals surface area contributed by atoms with Gasteiger partial charge in [-0.15, -0.1) is 5.10 Å². The van der Waals surface area contributed by atoms with E-state index in [4.69, 9.17) is 4.74 Å². The first-order chi connectivity index (χ1) is 10.0. The molecule has 2 rings (SSSR count). The molecule has 0 fully saturated rings. The van der Waals surface area contributed by atoms with Gasteiger partial charge in [0.1, 0.15) is 5.75 Å². The average Bonchev–Trinajstić information content (AvgIpc) is 2.48. The van der Waals surface area contributed by atoms with Crippen molar-refractivity contribution < 1.29 is 4.74 Å². The standard InChI is InChI=1S/C16H20BrN3O/c1-5-13-14(6-2)19-20-16(18-13)21-15-8-7-11(17)9-12(15)10(3)4/h7-10H,5-6H2,1-4H3. The lowest BCUT2D eigenvalue weighted by atomic mass is 10.0. The largest absolute Gasteiger partial charge is 0.423 e. The first-order valence-electron chi connectivity index (χ1n) is 7.24. The Labute approximate surface area is 134 Å². The molecule has 0 unspecified atom stereocenters. The van der Waals surface area contributed by atoms with E-state index in [1.165, 1.54) is 0 Å². The molecule has 1 aromatic carbocycles. The van der Waals surface area contributed by atoms with Crippen molar-refractivity contribution in [3.8, 4) is 11.8 Å². The zero-order valence-electron chi connectivity index (χ0n) is 12.9. The van der Waals surface area contributed by atoms with Crippen molar-refractivity contribution in [1.29, 1.82) is 0 Å². The highest BCUT2D eigenvalue weighted by molar-refractivity contribution is 9.10. The van der Waals surface area contributed by atoms with E-state index in [0.29, 0.717) is 11.9 Å². The Morgan fingerprint density at radius 2 is 1.81 bits per heavy atom. The van der Waals surface area contributed by atoms with Gasteiger partial charge in [-0.05, 0) is 42.5 Å². The van der Waals surface area contributed by atoms with Crippen LogP contribution >= 0.6 is 15.9 Å². The van der Waals surface area contributed by atoms with Gasteiger partial charge in [0.25, 0.3) is 0 Å². The lowest BCUT2D eigenvalue weighted by molar-refractivity contribution is 0.421. The van der Waals surface area contributed by atoms with Crippen LogP contribution in [0.4, 0.5) is 0 Å². The number of ether oxygens (including phenoxy) is 1. The van der Waals surface area contributed by atoms with Gasteiger partial charge in [0.05, 0.1) is 11.4 Å². The molecule has 5 heteroatoms. The van der Waals surface area contributed by atoms with Gasteiger partial charge in [-0.25, -0.2) is 0 Å². The van der Waals surface area contributed by atoms with Gasteiger partial charge >= 0.3 is 6.01 Å². The van der Waals surface area contributed by atoms with Gasteiger partial charge in [0.15, 0.2) is 0 Å². The smallest absolute Gasteiger partial charge is 0.341 e. The molecule has 0 atom stereocenters. The molecule has 0 saturated heterocycles. The van der Waals surface area contributed by atoms with Crippen LogP contribution in [0.3, 0.4) is 0 Å². The molecule has 21 heavy (non-hydrogen) atoms. The Bertz CT molecular complexity index is 629. The van der Waals surface area contributed by atoms with E-state index in [9.17, 15) is 0 Å². The summed E-state index contributed by atoms with van der Waals surface area (Å²) in [5, 5.41) is 8.29. The molecule has 112 valence electrons. The van der Waals surface area contributed by atoms with Crippen molar-refractivity contribution in [2.24, 2.45) is 0 Å². The second-order valence-corrected chi connectivity index (χ2v) is 6.05. The number of nitrogens with zero attached hydrogens (tertiary/aromatic N) is 3. The van der Waals surface area contributed by atoms with Crippen LogP contribution in [0.5, 0.6) is 11.8 Å². The molecule has 1 heterocycles. The number of hydrogen-bond acceptors (Lipinski definition) is 4. The van der Waals surface area contributed by atoms with Gasteiger partial charge in [-0.2, -0.15) is 4.98 Å². The minimum Gasteiger partial charge on any atom is -0.423 e. The van der Waals surface area contributed by atoms with E-state index in [2.05, 4.69) is 64.9 Å². The van der Waals surface area contributed by atoms with E-state index in [1.54, 1.807) is 0 Å². The third kappa shape index (κ3) is 3.79. The zero-order chi connectivity index (χ0) is 15.4. The summed E-state index contributed by atoms with van der Waals surface area (Å²) in [6, 6.07) is 6.26. The van der Waals surface area contributed by atoms with Gasteiger partial charge in [-0.3, -0.25) is 0 Å². The van der Waals surface area contributed by atoms with Crippen LogP contribution in [-0.4, -0.2) is 15.2 Å². The third-order valence-corrected chi connectivity index (χ3v) is 3.78. The van der Waals surface area contributed by atoms with Crippen LogP contribution in [-0.2, 0) is 12.8 Å². The highest BCUT2D eigenvalue weighted by Gasteiger charge is 2.13. The molecule has 0 aliphatic rings. The fourth-order valence-electron chi connectivity index (χ4n) is 2.13. The number of halogens is 1. The number of rotatable bonds is 5. The van der Waals surface area contributed by atoms with Crippen LogP contribution in [0.15, 0.2) is 22.7 Å². The molecular weight excluding hydrogens is 330 g/mol. The molecule has 0 radical (unpaired) electrons. The van der Waals surface area contributed by atoms with Crippen molar-refractivity contribution in [2.45, 2.75) is 46.5 Å². The van der Waals surface area contributed by atoms with E-state index in [0.717, 1.165) is 40.0 Å². The monoisotopic (exact) mass is 349 g/mol. The molecule has 0 saturated carbocycles. The van der Waals surface area contributed by atoms with Crippen LogP contribution in [0, 0.1) is 0 Å². The van der Waals surface area contributed by atoms with Crippen molar-refractivity contribution in [3.63, 3.8) is 0 Å². The third-order valence-electron chi connectivity index (χ3n) is 3.28. The summed E-state index contributed by atoms with van der Waals surface area (Å²) >= 11 is 3.49. The van der Waals surface area contributed by atoms with Crippen molar-refractivity contribution in [2.75, 3.05) is 0 Å². The summed E-state index contributed by atoms with van der Waals surface area (Å²) in [5.74, 6) is 1.13. The number of aryl methyl sites for hydroxylation is 2. The molecule has 0 bridgehead atoms. The topological polar surface area (TPSA) is 47.9 Å². The Hall–Kier alpha value is -1.49. The van der Waals surface area contributed by atoms with E-state index in [-0.39, 0.29) is 0 Å². The second-order valence-electron chi connectivity index (χ2n) is 5.13. The van der Waals surface area contributed by atoms with E-state index in [1.807, 2.05) is 12.1 Å². The lowest BCUT2D eigenvalue weighted by Gasteiger charge is -2.13. The summed E-state index contributed by atoms with van der Waals surface area (Å²) in [6.45, 7) is 8.37.